The molecule has 0 aliphatic carbocycles. The average Bonchev–Trinajstić information content (AvgIpc) is 2.45. The summed E-state index contributed by atoms with van der Waals surface area (Å²) in [5.41, 5.74) is 0. The van der Waals surface area contributed by atoms with Crippen LogP contribution >= 0.6 is 15.9 Å². The van der Waals surface area contributed by atoms with E-state index in [1.165, 1.54) is 45.3 Å². The highest BCUT2D eigenvalue weighted by atomic mass is 79.9. The summed E-state index contributed by atoms with van der Waals surface area (Å²) in [5, 5.41) is 1.15. The molecule has 0 saturated carbocycles. The van der Waals surface area contributed by atoms with Crippen molar-refractivity contribution in [2.24, 2.45) is 0 Å². The van der Waals surface area contributed by atoms with Gasteiger partial charge in [-0.2, -0.15) is 0 Å². The van der Waals surface area contributed by atoms with Gasteiger partial charge in [0, 0.05) is 24.0 Å². The fraction of sp³-hybridized carbons (Fsp3) is 1.00. The minimum atomic E-state index is 0.853. The zero-order valence-corrected chi connectivity index (χ0v) is 10.7. The molecule has 2 heterocycles. The number of halogens is 1. The first-order valence-electron chi connectivity index (χ1n) is 5.81. The summed E-state index contributed by atoms with van der Waals surface area (Å²) in [5.74, 6) is 0. The molecule has 0 aromatic rings. The van der Waals surface area contributed by atoms with Crippen LogP contribution in [-0.2, 0) is 0 Å². The number of hydrogen-bond donors (Lipinski definition) is 0. The summed E-state index contributed by atoms with van der Waals surface area (Å²) < 4.78 is 0. The van der Waals surface area contributed by atoms with Crippen molar-refractivity contribution in [1.82, 2.24) is 9.80 Å². The number of alkyl halides is 1. The third kappa shape index (κ3) is 2.31. The second kappa shape index (κ2) is 4.95. The molecule has 2 atom stereocenters. The topological polar surface area (TPSA) is 6.48 Å². The Morgan fingerprint density at radius 3 is 2.79 bits per heavy atom. The summed E-state index contributed by atoms with van der Waals surface area (Å²) in [7, 11) is 2.27. The molecule has 3 heteroatoms. The number of likely N-dealkylation sites (N-methyl/N-ethyl adjacent to an activating group) is 1. The van der Waals surface area contributed by atoms with Gasteiger partial charge in [0.1, 0.15) is 0 Å². The molecule has 2 rings (SSSR count). The third-order valence-corrected chi connectivity index (χ3v) is 4.25. The van der Waals surface area contributed by atoms with Gasteiger partial charge in [0.2, 0.25) is 0 Å². The van der Waals surface area contributed by atoms with Gasteiger partial charge >= 0.3 is 0 Å². The molecule has 0 spiro atoms. The molecule has 0 amide bonds. The van der Waals surface area contributed by atoms with Crippen LogP contribution in [0, 0.1) is 0 Å². The molecule has 82 valence electrons. The molecule has 0 aromatic heterocycles. The maximum Gasteiger partial charge on any atom is 0.0226 e. The first-order chi connectivity index (χ1) is 6.81. The molecule has 2 aliphatic rings. The molecule has 2 nitrogen and oxygen atoms in total. The molecule has 2 fully saturated rings. The van der Waals surface area contributed by atoms with Gasteiger partial charge in [-0.1, -0.05) is 15.9 Å². The van der Waals surface area contributed by atoms with E-state index in [0.29, 0.717) is 0 Å². The lowest BCUT2D eigenvalue weighted by Crippen LogP contribution is -2.39. The summed E-state index contributed by atoms with van der Waals surface area (Å²) in [6.45, 7) is 3.89. The highest BCUT2D eigenvalue weighted by molar-refractivity contribution is 9.09. The van der Waals surface area contributed by atoms with E-state index in [2.05, 4.69) is 32.8 Å². The Labute approximate surface area is 95.8 Å². The highest BCUT2D eigenvalue weighted by Gasteiger charge is 2.35. The Kier molecular flexibility index (Phi) is 3.86. The van der Waals surface area contributed by atoms with Gasteiger partial charge in [-0.3, -0.25) is 4.90 Å². The van der Waals surface area contributed by atoms with Crippen molar-refractivity contribution >= 4 is 15.9 Å². The molecular formula is C11H21BrN2. The molecule has 0 N–H and O–H groups in total. The molecule has 14 heavy (non-hydrogen) atoms. The predicted molar refractivity (Wildman–Crippen MR) is 64.0 cm³/mol. The lowest BCUT2D eigenvalue weighted by Gasteiger charge is -2.27. The van der Waals surface area contributed by atoms with Gasteiger partial charge in [0.05, 0.1) is 0 Å². The molecule has 0 radical (unpaired) electrons. The van der Waals surface area contributed by atoms with Crippen molar-refractivity contribution in [1.29, 1.82) is 0 Å². The Morgan fingerprint density at radius 2 is 2.00 bits per heavy atom. The molecular weight excluding hydrogens is 240 g/mol. The maximum absolute atomic E-state index is 3.53. The first kappa shape index (κ1) is 10.9. The number of likely N-dealkylation sites (tertiary alicyclic amines) is 1. The third-order valence-electron chi connectivity index (χ3n) is 3.69. The van der Waals surface area contributed by atoms with Crippen LogP contribution in [0.15, 0.2) is 0 Å². The fourth-order valence-corrected chi connectivity index (χ4v) is 3.20. The van der Waals surface area contributed by atoms with E-state index < -0.39 is 0 Å². The number of nitrogens with zero attached hydrogens (tertiary/aromatic N) is 2. The summed E-state index contributed by atoms with van der Waals surface area (Å²) >= 11 is 3.53. The van der Waals surface area contributed by atoms with Gasteiger partial charge in [-0.25, -0.2) is 0 Å². The van der Waals surface area contributed by atoms with E-state index in [4.69, 9.17) is 0 Å². The number of rotatable bonds is 3. The largest absolute Gasteiger partial charge is 0.305 e. The van der Waals surface area contributed by atoms with E-state index in [0.717, 1.165) is 17.4 Å². The van der Waals surface area contributed by atoms with Crippen molar-refractivity contribution in [3.8, 4) is 0 Å². The Hall–Kier alpha value is 0.400. The quantitative estimate of drug-likeness (QED) is 0.716. The Bertz CT molecular complexity index is 186. The van der Waals surface area contributed by atoms with Gasteiger partial charge in [-0.05, 0) is 45.8 Å². The summed E-state index contributed by atoms with van der Waals surface area (Å²) in [6, 6.07) is 1.75. The van der Waals surface area contributed by atoms with Crippen LogP contribution in [-0.4, -0.2) is 53.9 Å². The van der Waals surface area contributed by atoms with Crippen molar-refractivity contribution in [2.75, 3.05) is 32.0 Å². The number of fused-ring (bicyclic) bond motifs is 2. The average molecular weight is 261 g/mol. The van der Waals surface area contributed by atoms with E-state index in [1.54, 1.807) is 0 Å². The van der Waals surface area contributed by atoms with Gasteiger partial charge in [-0.15, -0.1) is 0 Å². The van der Waals surface area contributed by atoms with E-state index in [9.17, 15) is 0 Å². The van der Waals surface area contributed by atoms with Crippen LogP contribution in [0.1, 0.15) is 25.7 Å². The minimum absolute atomic E-state index is 0.853. The highest BCUT2D eigenvalue weighted by Crippen LogP contribution is 2.29. The molecule has 2 aliphatic heterocycles. The van der Waals surface area contributed by atoms with Crippen LogP contribution < -0.4 is 0 Å². The second-order valence-electron chi connectivity index (χ2n) is 4.72. The normalized spacial score (nSPS) is 34.7. The summed E-state index contributed by atoms with van der Waals surface area (Å²) in [4.78, 5) is 5.27. The zero-order valence-electron chi connectivity index (χ0n) is 9.08. The lowest BCUT2D eigenvalue weighted by atomic mass is 10.1. The molecule has 2 bridgehead atoms. The van der Waals surface area contributed by atoms with E-state index in [-0.39, 0.29) is 0 Å². The summed E-state index contributed by atoms with van der Waals surface area (Å²) in [6.07, 6.45) is 5.56. The SMILES string of the molecule is CN1CCC2CCC(C1)N2CCCBr. The van der Waals surface area contributed by atoms with Crippen molar-refractivity contribution in [3.63, 3.8) is 0 Å². The van der Waals surface area contributed by atoms with Crippen molar-refractivity contribution in [3.05, 3.63) is 0 Å². The second-order valence-corrected chi connectivity index (χ2v) is 5.51. The van der Waals surface area contributed by atoms with Crippen LogP contribution in [0.3, 0.4) is 0 Å². The van der Waals surface area contributed by atoms with Gasteiger partial charge in [0.25, 0.3) is 0 Å². The van der Waals surface area contributed by atoms with Crippen LogP contribution in [0.2, 0.25) is 0 Å². The zero-order chi connectivity index (χ0) is 9.97. The predicted octanol–water partition coefficient (Wildman–Crippen LogP) is 1.94. The van der Waals surface area contributed by atoms with Gasteiger partial charge < -0.3 is 4.90 Å². The lowest BCUT2D eigenvalue weighted by molar-refractivity contribution is 0.193. The molecule has 0 aromatic carbocycles. The standard InChI is InChI=1S/C11H21BrN2/c1-13-8-5-10-3-4-11(9-13)14(10)7-2-6-12/h10-11H,2-9H2,1H3. The Balaban J connectivity index is 1.94. The molecule has 2 saturated heterocycles. The van der Waals surface area contributed by atoms with E-state index in [1.807, 2.05) is 0 Å². The van der Waals surface area contributed by atoms with E-state index >= 15 is 0 Å². The fourth-order valence-electron chi connectivity index (χ4n) is 2.95. The smallest absolute Gasteiger partial charge is 0.0226 e. The Morgan fingerprint density at radius 1 is 1.21 bits per heavy atom. The monoisotopic (exact) mass is 260 g/mol. The van der Waals surface area contributed by atoms with Crippen LogP contribution in [0.25, 0.3) is 0 Å². The number of hydrogen-bond acceptors (Lipinski definition) is 2. The van der Waals surface area contributed by atoms with Crippen molar-refractivity contribution < 1.29 is 0 Å². The van der Waals surface area contributed by atoms with Gasteiger partial charge in [0.15, 0.2) is 0 Å². The van der Waals surface area contributed by atoms with Crippen LogP contribution in [0.4, 0.5) is 0 Å². The van der Waals surface area contributed by atoms with Crippen LogP contribution in [0.5, 0.6) is 0 Å². The van der Waals surface area contributed by atoms with Crippen molar-refractivity contribution in [2.45, 2.75) is 37.8 Å². The maximum atomic E-state index is 3.53. The minimum Gasteiger partial charge on any atom is -0.305 e. The first-order valence-corrected chi connectivity index (χ1v) is 6.93. The molecule has 2 unspecified atom stereocenters.